The highest BCUT2D eigenvalue weighted by Gasteiger charge is 2.17. The van der Waals surface area contributed by atoms with Crippen molar-refractivity contribution in [3.8, 4) is 0 Å². The molecule has 0 aliphatic carbocycles. The van der Waals surface area contributed by atoms with Gasteiger partial charge in [0, 0.05) is 7.11 Å². The van der Waals surface area contributed by atoms with Gasteiger partial charge in [-0.2, -0.15) is 0 Å². The van der Waals surface area contributed by atoms with E-state index in [1.807, 2.05) is 0 Å². The average Bonchev–Trinajstić information content (AvgIpc) is 2.14. The quantitative estimate of drug-likeness (QED) is 0.231. The summed E-state index contributed by atoms with van der Waals surface area (Å²) in [6.45, 7) is 0.656. The van der Waals surface area contributed by atoms with E-state index in [1.54, 1.807) is 5.64 Å². The third kappa shape index (κ3) is 5.92. The Morgan fingerprint density at radius 2 is 2.15 bits per heavy atom. The minimum Gasteiger partial charge on any atom is -0.353 e. The first-order valence-corrected chi connectivity index (χ1v) is 4.29. The van der Waals surface area contributed by atoms with Crippen molar-refractivity contribution < 1.29 is 14.8 Å². The summed E-state index contributed by atoms with van der Waals surface area (Å²) in [5.74, 6) is 0. The van der Waals surface area contributed by atoms with Gasteiger partial charge in [-0.15, -0.1) is 0 Å². The molecular weight excluding hydrogens is 174 g/mol. The third-order valence-electron chi connectivity index (χ3n) is 1.74. The third-order valence-corrected chi connectivity index (χ3v) is 1.74. The maximum Gasteiger partial charge on any atom is 0.194 e. The van der Waals surface area contributed by atoms with E-state index in [4.69, 9.17) is 21.4 Å². The van der Waals surface area contributed by atoms with Gasteiger partial charge in [-0.3, -0.25) is 5.21 Å². The Kier molecular flexibility index (Phi) is 8.21. The highest BCUT2D eigenvalue weighted by atomic mass is 16.9. The van der Waals surface area contributed by atoms with Gasteiger partial charge in [0.1, 0.15) is 0 Å². The lowest BCUT2D eigenvalue weighted by Gasteiger charge is -2.20. The van der Waals surface area contributed by atoms with Gasteiger partial charge in [0.05, 0.1) is 6.04 Å². The summed E-state index contributed by atoms with van der Waals surface area (Å²) in [6.07, 6.45) is 1.96. The van der Waals surface area contributed by atoms with Crippen LogP contribution in [-0.2, 0) is 9.57 Å². The van der Waals surface area contributed by atoms with E-state index < -0.39 is 6.29 Å². The van der Waals surface area contributed by atoms with E-state index in [-0.39, 0.29) is 6.04 Å². The zero-order chi connectivity index (χ0) is 10.1. The van der Waals surface area contributed by atoms with Crippen LogP contribution in [0.2, 0.25) is 0 Å². The van der Waals surface area contributed by atoms with E-state index in [0.717, 1.165) is 19.3 Å². The van der Waals surface area contributed by atoms with E-state index in [2.05, 4.69) is 4.84 Å². The summed E-state index contributed by atoms with van der Waals surface area (Å²) in [5, 5.41) is 8.26. The second kappa shape index (κ2) is 8.36. The molecule has 0 aromatic heterocycles. The predicted octanol–water partition coefficient (Wildman–Crippen LogP) is -0.674. The van der Waals surface area contributed by atoms with Crippen LogP contribution in [0.5, 0.6) is 0 Å². The van der Waals surface area contributed by atoms with E-state index >= 15 is 0 Å². The lowest BCUT2D eigenvalue weighted by molar-refractivity contribution is -0.247. The molecule has 2 unspecified atom stereocenters. The molecule has 0 amide bonds. The molecule has 0 saturated carbocycles. The Hall–Kier alpha value is -0.240. The molecule has 0 aromatic rings. The molecule has 0 rings (SSSR count). The van der Waals surface area contributed by atoms with Crippen molar-refractivity contribution in [3.05, 3.63) is 0 Å². The molecule has 0 bridgehead atoms. The highest BCUT2D eigenvalue weighted by Crippen LogP contribution is 2.05. The monoisotopic (exact) mass is 193 g/mol. The van der Waals surface area contributed by atoms with Crippen molar-refractivity contribution in [3.63, 3.8) is 0 Å². The zero-order valence-electron chi connectivity index (χ0n) is 7.90. The SMILES string of the molecule is COC(ONO)C(N)CCCCN. The number of nitrogens with one attached hydrogen (secondary N) is 1. The van der Waals surface area contributed by atoms with Gasteiger partial charge in [0.15, 0.2) is 6.29 Å². The van der Waals surface area contributed by atoms with Crippen molar-refractivity contribution in [1.29, 1.82) is 0 Å². The second-order valence-corrected chi connectivity index (χ2v) is 2.76. The number of unbranched alkanes of at least 4 members (excludes halogenated alkanes) is 1. The molecule has 0 aliphatic heterocycles. The number of methoxy groups -OCH3 is 1. The topological polar surface area (TPSA) is 103 Å². The van der Waals surface area contributed by atoms with Crippen LogP contribution in [0, 0.1) is 0 Å². The molecule has 6 nitrogen and oxygen atoms in total. The van der Waals surface area contributed by atoms with Gasteiger partial charge < -0.3 is 16.2 Å². The summed E-state index contributed by atoms with van der Waals surface area (Å²) in [4.78, 5) is 4.61. The van der Waals surface area contributed by atoms with Gasteiger partial charge in [-0.05, 0) is 19.4 Å². The molecule has 0 fully saturated rings. The Bertz CT molecular complexity index is 115. The van der Waals surface area contributed by atoms with Crippen LogP contribution < -0.4 is 17.1 Å². The lowest BCUT2D eigenvalue weighted by atomic mass is 10.1. The Labute approximate surface area is 78.1 Å². The largest absolute Gasteiger partial charge is 0.353 e. The van der Waals surface area contributed by atoms with E-state index in [0.29, 0.717) is 6.54 Å². The Balaban J connectivity index is 3.57. The normalized spacial score (nSPS) is 15.7. The van der Waals surface area contributed by atoms with E-state index in [9.17, 15) is 0 Å². The fourth-order valence-electron chi connectivity index (χ4n) is 1.02. The van der Waals surface area contributed by atoms with Gasteiger partial charge in [-0.1, -0.05) is 12.1 Å². The number of ether oxygens (including phenoxy) is 1. The number of rotatable bonds is 8. The molecule has 6 heteroatoms. The summed E-state index contributed by atoms with van der Waals surface area (Å²) < 4.78 is 4.88. The molecule has 6 N–H and O–H groups in total. The summed E-state index contributed by atoms with van der Waals surface area (Å²) >= 11 is 0. The Morgan fingerprint density at radius 1 is 1.46 bits per heavy atom. The summed E-state index contributed by atoms with van der Waals surface area (Å²) in [5.41, 5.74) is 12.6. The van der Waals surface area contributed by atoms with Crippen LogP contribution in [0.4, 0.5) is 0 Å². The highest BCUT2D eigenvalue weighted by molar-refractivity contribution is 4.64. The minimum absolute atomic E-state index is 0.267. The molecule has 0 radical (unpaired) electrons. The molecule has 0 saturated heterocycles. The minimum atomic E-state index is -0.636. The van der Waals surface area contributed by atoms with Crippen LogP contribution in [0.1, 0.15) is 19.3 Å². The number of hydrogen-bond donors (Lipinski definition) is 4. The van der Waals surface area contributed by atoms with Gasteiger partial charge in [0.25, 0.3) is 0 Å². The molecule has 0 aliphatic rings. The van der Waals surface area contributed by atoms with Gasteiger partial charge >= 0.3 is 0 Å². The van der Waals surface area contributed by atoms with Crippen molar-refractivity contribution in [2.24, 2.45) is 11.5 Å². The first-order valence-electron chi connectivity index (χ1n) is 4.29. The Morgan fingerprint density at radius 3 is 2.62 bits per heavy atom. The maximum absolute atomic E-state index is 8.26. The number of nitrogens with two attached hydrogens (primary N) is 2. The van der Waals surface area contributed by atoms with Crippen LogP contribution >= 0.6 is 0 Å². The summed E-state index contributed by atoms with van der Waals surface area (Å²) in [6, 6.07) is -0.267. The number of hydrogen-bond acceptors (Lipinski definition) is 6. The van der Waals surface area contributed by atoms with Gasteiger partial charge in [0.2, 0.25) is 0 Å². The van der Waals surface area contributed by atoms with E-state index in [1.165, 1.54) is 7.11 Å². The van der Waals surface area contributed by atoms with Crippen LogP contribution in [-0.4, -0.2) is 31.2 Å². The fourth-order valence-corrected chi connectivity index (χ4v) is 1.02. The first kappa shape index (κ1) is 12.8. The van der Waals surface area contributed by atoms with Crippen molar-refractivity contribution in [2.75, 3.05) is 13.7 Å². The molecule has 80 valence electrons. The molecule has 2 atom stereocenters. The predicted molar refractivity (Wildman–Crippen MR) is 47.7 cm³/mol. The van der Waals surface area contributed by atoms with Crippen LogP contribution in [0.25, 0.3) is 0 Å². The summed E-state index contributed by atoms with van der Waals surface area (Å²) in [7, 11) is 1.46. The van der Waals surface area contributed by atoms with Crippen molar-refractivity contribution in [1.82, 2.24) is 5.64 Å². The van der Waals surface area contributed by atoms with Crippen LogP contribution in [0.15, 0.2) is 0 Å². The molecule has 0 spiro atoms. The molecule has 0 aromatic carbocycles. The average molecular weight is 193 g/mol. The molecule has 0 heterocycles. The lowest BCUT2D eigenvalue weighted by Crippen LogP contribution is -2.40. The second-order valence-electron chi connectivity index (χ2n) is 2.76. The van der Waals surface area contributed by atoms with Crippen LogP contribution in [0.3, 0.4) is 0 Å². The first-order chi connectivity index (χ1) is 6.26. The van der Waals surface area contributed by atoms with Crippen molar-refractivity contribution in [2.45, 2.75) is 31.6 Å². The standard InChI is InChI=1S/C7H19N3O3/c1-12-7(13-10-11)6(9)4-2-3-5-8/h6-7,10-11H,2-5,8-9H2,1H3. The molecular formula is C7H19N3O3. The zero-order valence-corrected chi connectivity index (χ0v) is 7.90. The smallest absolute Gasteiger partial charge is 0.194 e. The molecule has 13 heavy (non-hydrogen) atoms. The fraction of sp³-hybridized carbons (Fsp3) is 1.00. The van der Waals surface area contributed by atoms with Gasteiger partial charge in [-0.25, -0.2) is 4.84 Å². The van der Waals surface area contributed by atoms with Crippen molar-refractivity contribution >= 4 is 0 Å². The maximum atomic E-state index is 8.26.